The molecule has 0 amide bonds. The Morgan fingerprint density at radius 1 is 1.42 bits per heavy atom. The standard InChI is InChI=1S/C11H18O/c1-3-4-6-10-7-5-8-11(9-10)12-2/h10-11H,3,5,7-9H2,1-2H3. The Morgan fingerprint density at radius 3 is 2.92 bits per heavy atom. The van der Waals surface area contributed by atoms with Gasteiger partial charge in [-0.05, 0) is 25.7 Å². The van der Waals surface area contributed by atoms with E-state index in [1.54, 1.807) is 7.11 Å². The first-order chi connectivity index (χ1) is 5.86. The lowest BCUT2D eigenvalue weighted by Crippen LogP contribution is -2.20. The molecule has 2 unspecified atom stereocenters. The molecule has 0 aromatic heterocycles. The predicted octanol–water partition coefficient (Wildman–Crippen LogP) is 2.61. The average molecular weight is 166 g/mol. The first-order valence-electron chi connectivity index (χ1n) is 4.88. The van der Waals surface area contributed by atoms with Crippen molar-refractivity contribution in [2.75, 3.05) is 7.11 Å². The Hall–Kier alpha value is -0.480. The van der Waals surface area contributed by atoms with Crippen LogP contribution in [-0.4, -0.2) is 13.2 Å². The van der Waals surface area contributed by atoms with Gasteiger partial charge in [-0.15, -0.1) is 5.92 Å². The lowest BCUT2D eigenvalue weighted by Gasteiger charge is -2.24. The van der Waals surface area contributed by atoms with Gasteiger partial charge in [-0.3, -0.25) is 0 Å². The van der Waals surface area contributed by atoms with Gasteiger partial charge < -0.3 is 4.74 Å². The SMILES string of the molecule is CCC#CC1CCCC(OC)C1. The highest BCUT2D eigenvalue weighted by Crippen LogP contribution is 2.25. The van der Waals surface area contributed by atoms with Crippen molar-refractivity contribution in [2.45, 2.75) is 45.1 Å². The van der Waals surface area contributed by atoms with Crippen molar-refractivity contribution in [3.05, 3.63) is 0 Å². The molecule has 1 aliphatic rings. The molecular weight excluding hydrogens is 148 g/mol. The minimum absolute atomic E-state index is 0.468. The van der Waals surface area contributed by atoms with Gasteiger partial charge in [0.1, 0.15) is 0 Å². The summed E-state index contributed by atoms with van der Waals surface area (Å²) in [6.45, 7) is 2.10. The molecule has 1 fully saturated rings. The molecule has 0 aromatic carbocycles. The van der Waals surface area contributed by atoms with Crippen LogP contribution in [0, 0.1) is 17.8 Å². The van der Waals surface area contributed by atoms with Crippen LogP contribution in [0.1, 0.15) is 39.0 Å². The fourth-order valence-corrected chi connectivity index (χ4v) is 1.74. The minimum atomic E-state index is 0.468. The van der Waals surface area contributed by atoms with E-state index in [1.807, 2.05) is 0 Å². The Kier molecular flexibility index (Phi) is 4.18. The lowest BCUT2D eigenvalue weighted by molar-refractivity contribution is 0.0604. The molecular formula is C11H18O. The maximum atomic E-state index is 5.33. The highest BCUT2D eigenvalue weighted by atomic mass is 16.5. The fourth-order valence-electron chi connectivity index (χ4n) is 1.74. The summed E-state index contributed by atoms with van der Waals surface area (Å²) in [4.78, 5) is 0. The van der Waals surface area contributed by atoms with Gasteiger partial charge in [-0.25, -0.2) is 0 Å². The van der Waals surface area contributed by atoms with E-state index >= 15 is 0 Å². The summed E-state index contributed by atoms with van der Waals surface area (Å²) in [6, 6.07) is 0. The summed E-state index contributed by atoms with van der Waals surface area (Å²) >= 11 is 0. The van der Waals surface area contributed by atoms with Gasteiger partial charge in [0, 0.05) is 19.4 Å². The first kappa shape index (κ1) is 9.61. The molecule has 0 aromatic rings. The molecule has 0 spiro atoms. The summed E-state index contributed by atoms with van der Waals surface area (Å²) in [6.07, 6.45) is 6.36. The molecule has 1 aliphatic carbocycles. The zero-order valence-corrected chi connectivity index (χ0v) is 8.10. The fraction of sp³-hybridized carbons (Fsp3) is 0.818. The third-order valence-corrected chi connectivity index (χ3v) is 2.44. The Morgan fingerprint density at radius 2 is 2.25 bits per heavy atom. The quantitative estimate of drug-likeness (QED) is 0.544. The molecule has 1 saturated carbocycles. The zero-order valence-electron chi connectivity index (χ0n) is 8.10. The van der Waals surface area contributed by atoms with Crippen LogP contribution in [-0.2, 0) is 4.74 Å². The van der Waals surface area contributed by atoms with Crippen molar-refractivity contribution in [1.29, 1.82) is 0 Å². The molecule has 0 heterocycles. The normalized spacial score (nSPS) is 29.2. The second-order valence-corrected chi connectivity index (χ2v) is 3.40. The number of methoxy groups -OCH3 is 1. The van der Waals surface area contributed by atoms with Crippen molar-refractivity contribution in [1.82, 2.24) is 0 Å². The van der Waals surface area contributed by atoms with E-state index in [9.17, 15) is 0 Å². The first-order valence-corrected chi connectivity index (χ1v) is 4.88. The van der Waals surface area contributed by atoms with E-state index in [1.165, 1.54) is 19.3 Å². The van der Waals surface area contributed by atoms with Crippen molar-refractivity contribution in [3.8, 4) is 11.8 Å². The number of hydrogen-bond donors (Lipinski definition) is 0. The van der Waals surface area contributed by atoms with Crippen LogP contribution in [0.15, 0.2) is 0 Å². The summed E-state index contributed by atoms with van der Waals surface area (Å²) < 4.78 is 5.33. The summed E-state index contributed by atoms with van der Waals surface area (Å²) in [5.74, 6) is 7.06. The van der Waals surface area contributed by atoms with Gasteiger partial charge in [-0.2, -0.15) is 0 Å². The molecule has 12 heavy (non-hydrogen) atoms. The van der Waals surface area contributed by atoms with Crippen LogP contribution in [0.5, 0.6) is 0 Å². The largest absolute Gasteiger partial charge is 0.381 e. The maximum Gasteiger partial charge on any atom is 0.0583 e. The van der Waals surface area contributed by atoms with Crippen molar-refractivity contribution < 1.29 is 4.74 Å². The van der Waals surface area contributed by atoms with E-state index in [2.05, 4.69) is 18.8 Å². The molecule has 2 atom stereocenters. The zero-order chi connectivity index (χ0) is 8.81. The Labute approximate surface area is 75.5 Å². The molecule has 0 N–H and O–H groups in total. The van der Waals surface area contributed by atoms with Gasteiger partial charge in [-0.1, -0.05) is 12.8 Å². The Bertz CT molecular complexity index is 175. The van der Waals surface area contributed by atoms with Crippen LogP contribution < -0.4 is 0 Å². The van der Waals surface area contributed by atoms with Crippen molar-refractivity contribution in [2.24, 2.45) is 5.92 Å². The van der Waals surface area contributed by atoms with E-state index in [-0.39, 0.29) is 0 Å². The van der Waals surface area contributed by atoms with Gasteiger partial charge in [0.05, 0.1) is 6.10 Å². The van der Waals surface area contributed by atoms with Crippen LogP contribution in [0.2, 0.25) is 0 Å². The molecule has 0 saturated heterocycles. The van der Waals surface area contributed by atoms with Crippen molar-refractivity contribution >= 4 is 0 Å². The molecule has 68 valence electrons. The van der Waals surface area contributed by atoms with Crippen LogP contribution in [0.4, 0.5) is 0 Å². The van der Waals surface area contributed by atoms with E-state index in [0.29, 0.717) is 12.0 Å². The van der Waals surface area contributed by atoms with Gasteiger partial charge in [0.2, 0.25) is 0 Å². The number of hydrogen-bond acceptors (Lipinski definition) is 1. The molecule has 0 aliphatic heterocycles. The topological polar surface area (TPSA) is 9.23 Å². The molecule has 1 nitrogen and oxygen atoms in total. The summed E-state index contributed by atoms with van der Waals surface area (Å²) in [5.41, 5.74) is 0. The third kappa shape index (κ3) is 2.87. The third-order valence-electron chi connectivity index (χ3n) is 2.44. The van der Waals surface area contributed by atoms with Crippen LogP contribution >= 0.6 is 0 Å². The highest BCUT2D eigenvalue weighted by Gasteiger charge is 2.19. The van der Waals surface area contributed by atoms with E-state index in [4.69, 9.17) is 4.74 Å². The second kappa shape index (κ2) is 5.22. The average Bonchev–Trinajstić information content (AvgIpc) is 2.15. The molecule has 1 rings (SSSR count). The minimum Gasteiger partial charge on any atom is -0.381 e. The smallest absolute Gasteiger partial charge is 0.0583 e. The number of ether oxygens (including phenoxy) is 1. The van der Waals surface area contributed by atoms with Crippen LogP contribution in [0.3, 0.4) is 0 Å². The van der Waals surface area contributed by atoms with Crippen molar-refractivity contribution in [3.63, 3.8) is 0 Å². The highest BCUT2D eigenvalue weighted by molar-refractivity contribution is 5.04. The molecule has 1 heteroatoms. The maximum absolute atomic E-state index is 5.33. The lowest BCUT2D eigenvalue weighted by atomic mass is 9.87. The monoisotopic (exact) mass is 166 g/mol. The summed E-state index contributed by atoms with van der Waals surface area (Å²) in [5, 5.41) is 0. The van der Waals surface area contributed by atoms with Gasteiger partial charge >= 0.3 is 0 Å². The van der Waals surface area contributed by atoms with E-state index in [0.717, 1.165) is 12.8 Å². The predicted molar refractivity (Wildman–Crippen MR) is 50.8 cm³/mol. The van der Waals surface area contributed by atoms with Gasteiger partial charge in [0.25, 0.3) is 0 Å². The van der Waals surface area contributed by atoms with Crippen LogP contribution in [0.25, 0.3) is 0 Å². The molecule has 0 radical (unpaired) electrons. The van der Waals surface area contributed by atoms with Gasteiger partial charge in [0.15, 0.2) is 0 Å². The molecule has 0 bridgehead atoms. The summed E-state index contributed by atoms with van der Waals surface area (Å²) in [7, 11) is 1.81. The van der Waals surface area contributed by atoms with E-state index < -0.39 is 0 Å². The number of rotatable bonds is 1. The second-order valence-electron chi connectivity index (χ2n) is 3.40. The Balaban J connectivity index is 2.35.